The summed E-state index contributed by atoms with van der Waals surface area (Å²) in [5.74, 6) is 3.24. The molecule has 0 aromatic heterocycles. The molecule has 0 saturated heterocycles. The van der Waals surface area contributed by atoms with Crippen LogP contribution in [-0.4, -0.2) is 12.2 Å². The Morgan fingerprint density at radius 1 is 0.900 bits per heavy atom. The summed E-state index contributed by atoms with van der Waals surface area (Å²) >= 11 is 0. The molecule has 118 valence electrons. The van der Waals surface area contributed by atoms with Gasteiger partial charge in [0.2, 0.25) is 0 Å². The highest BCUT2D eigenvalue weighted by Gasteiger charge is 2.29. The molecule has 0 aromatic carbocycles. The van der Waals surface area contributed by atoms with Crippen molar-refractivity contribution in [2.75, 3.05) is 6.61 Å². The summed E-state index contributed by atoms with van der Waals surface area (Å²) in [7, 11) is 0. The molecule has 0 aromatic rings. The van der Waals surface area contributed by atoms with Gasteiger partial charge in [-0.3, -0.25) is 0 Å². The Balaban J connectivity index is 4.10. The molecule has 1 unspecified atom stereocenters. The lowest BCUT2D eigenvalue weighted by atomic mass is 9.82. The van der Waals surface area contributed by atoms with Gasteiger partial charge in [-0.15, -0.1) is 6.42 Å². The molecule has 0 bridgehead atoms. The molecule has 1 atom stereocenters. The fraction of sp³-hybridized carbons (Fsp3) is 0.895. The summed E-state index contributed by atoms with van der Waals surface area (Å²) in [6.07, 6.45) is 18.6. The second-order valence-corrected chi connectivity index (χ2v) is 6.49. The number of rotatable bonds is 13. The number of hydrogen-bond acceptors (Lipinski definition) is 1. The van der Waals surface area contributed by atoms with Crippen molar-refractivity contribution >= 4 is 0 Å². The van der Waals surface area contributed by atoms with Gasteiger partial charge < -0.3 is 4.74 Å². The van der Waals surface area contributed by atoms with E-state index >= 15 is 0 Å². The first-order valence-corrected chi connectivity index (χ1v) is 8.65. The molecular weight excluding hydrogens is 244 g/mol. The van der Waals surface area contributed by atoms with Crippen LogP contribution in [0.2, 0.25) is 0 Å². The monoisotopic (exact) mass is 280 g/mol. The second-order valence-electron chi connectivity index (χ2n) is 6.49. The maximum absolute atomic E-state index is 5.90. The highest BCUT2D eigenvalue weighted by molar-refractivity contribution is 4.87. The zero-order valence-corrected chi connectivity index (χ0v) is 14.3. The first-order chi connectivity index (χ1) is 9.58. The van der Waals surface area contributed by atoms with Crippen LogP contribution >= 0.6 is 0 Å². The lowest BCUT2D eigenvalue weighted by Crippen LogP contribution is -2.35. The van der Waals surface area contributed by atoms with E-state index in [1.54, 1.807) is 0 Å². The van der Waals surface area contributed by atoms with Crippen LogP contribution < -0.4 is 0 Å². The standard InChI is InChI=1S/C19H36O/c1-6-9-11-12-13-14-16-18(15-10-7-2)19(4,5)20-17-8-3/h3,18H,6-7,9-17H2,1-2,4-5H3. The van der Waals surface area contributed by atoms with Crippen molar-refractivity contribution in [3.8, 4) is 12.3 Å². The molecule has 0 N–H and O–H groups in total. The SMILES string of the molecule is C#CCOC(C)(C)C(CCCC)CCCCCCCC. The second kappa shape index (κ2) is 12.3. The molecule has 0 aliphatic rings. The number of ether oxygens (including phenoxy) is 1. The van der Waals surface area contributed by atoms with E-state index in [9.17, 15) is 0 Å². The Morgan fingerprint density at radius 3 is 2.05 bits per heavy atom. The summed E-state index contributed by atoms with van der Waals surface area (Å²) in [4.78, 5) is 0. The third-order valence-electron chi connectivity index (χ3n) is 4.32. The Kier molecular flexibility index (Phi) is 12.0. The minimum atomic E-state index is -0.0784. The fourth-order valence-electron chi connectivity index (χ4n) is 2.81. The highest BCUT2D eigenvalue weighted by atomic mass is 16.5. The van der Waals surface area contributed by atoms with Gasteiger partial charge in [0.1, 0.15) is 6.61 Å². The Hall–Kier alpha value is -0.480. The van der Waals surface area contributed by atoms with Crippen LogP contribution in [-0.2, 0) is 4.74 Å². The molecule has 0 aliphatic heterocycles. The van der Waals surface area contributed by atoms with E-state index in [4.69, 9.17) is 11.2 Å². The Bertz CT molecular complexity index is 249. The summed E-state index contributed by atoms with van der Waals surface area (Å²) < 4.78 is 5.90. The molecule has 0 amide bonds. The third-order valence-corrected chi connectivity index (χ3v) is 4.32. The quantitative estimate of drug-likeness (QED) is 0.298. The summed E-state index contributed by atoms with van der Waals surface area (Å²) in [5.41, 5.74) is -0.0784. The largest absolute Gasteiger partial charge is 0.363 e. The van der Waals surface area contributed by atoms with Gasteiger partial charge in [0.15, 0.2) is 0 Å². The van der Waals surface area contributed by atoms with Crippen LogP contribution in [0.1, 0.15) is 91.9 Å². The Morgan fingerprint density at radius 2 is 1.45 bits per heavy atom. The normalized spacial score (nSPS) is 13.2. The first-order valence-electron chi connectivity index (χ1n) is 8.65. The van der Waals surface area contributed by atoms with Crippen LogP contribution in [0.4, 0.5) is 0 Å². The summed E-state index contributed by atoms with van der Waals surface area (Å²) in [5, 5.41) is 0. The molecule has 0 aliphatic carbocycles. The van der Waals surface area contributed by atoms with Crippen molar-refractivity contribution in [1.82, 2.24) is 0 Å². The molecule has 0 saturated carbocycles. The maximum Gasteiger partial charge on any atom is 0.108 e. The predicted molar refractivity (Wildman–Crippen MR) is 89.9 cm³/mol. The van der Waals surface area contributed by atoms with Crippen molar-refractivity contribution in [2.45, 2.75) is 97.5 Å². The lowest BCUT2D eigenvalue weighted by molar-refractivity contribution is -0.0510. The molecule has 1 nitrogen and oxygen atoms in total. The molecule has 0 rings (SSSR count). The molecule has 0 fully saturated rings. The van der Waals surface area contributed by atoms with Gasteiger partial charge >= 0.3 is 0 Å². The molecule has 1 heteroatoms. The van der Waals surface area contributed by atoms with E-state index in [1.165, 1.54) is 64.2 Å². The van der Waals surface area contributed by atoms with Gasteiger partial charge in [0, 0.05) is 0 Å². The zero-order valence-electron chi connectivity index (χ0n) is 14.3. The number of hydrogen-bond donors (Lipinski definition) is 0. The molecule has 20 heavy (non-hydrogen) atoms. The average Bonchev–Trinajstić information content (AvgIpc) is 2.43. The summed E-state index contributed by atoms with van der Waals surface area (Å²) in [6, 6.07) is 0. The van der Waals surface area contributed by atoms with Gasteiger partial charge in [-0.2, -0.15) is 0 Å². The van der Waals surface area contributed by atoms with Crippen LogP contribution in [0.25, 0.3) is 0 Å². The van der Waals surface area contributed by atoms with E-state index in [1.807, 2.05) is 0 Å². The van der Waals surface area contributed by atoms with Crippen LogP contribution in [0.5, 0.6) is 0 Å². The zero-order chi connectivity index (χ0) is 15.3. The topological polar surface area (TPSA) is 9.23 Å². The molecular formula is C19H36O. The highest BCUT2D eigenvalue weighted by Crippen LogP contribution is 2.31. The van der Waals surface area contributed by atoms with E-state index in [0.717, 1.165) is 0 Å². The van der Waals surface area contributed by atoms with Crippen molar-refractivity contribution in [2.24, 2.45) is 5.92 Å². The fourth-order valence-corrected chi connectivity index (χ4v) is 2.81. The van der Waals surface area contributed by atoms with Crippen molar-refractivity contribution in [1.29, 1.82) is 0 Å². The van der Waals surface area contributed by atoms with E-state index in [-0.39, 0.29) is 5.60 Å². The average molecular weight is 280 g/mol. The van der Waals surface area contributed by atoms with Crippen molar-refractivity contribution < 1.29 is 4.74 Å². The van der Waals surface area contributed by atoms with Gasteiger partial charge in [0.25, 0.3) is 0 Å². The number of terminal acetylenes is 1. The minimum Gasteiger partial charge on any atom is -0.363 e. The summed E-state index contributed by atoms with van der Waals surface area (Å²) in [6.45, 7) is 9.39. The molecule has 0 heterocycles. The van der Waals surface area contributed by atoms with E-state index in [0.29, 0.717) is 12.5 Å². The van der Waals surface area contributed by atoms with E-state index in [2.05, 4.69) is 33.6 Å². The number of unbranched alkanes of at least 4 members (excludes halogenated alkanes) is 6. The van der Waals surface area contributed by atoms with Crippen molar-refractivity contribution in [3.63, 3.8) is 0 Å². The van der Waals surface area contributed by atoms with Crippen LogP contribution in [0.15, 0.2) is 0 Å². The van der Waals surface area contributed by atoms with Gasteiger partial charge in [-0.05, 0) is 32.6 Å². The van der Waals surface area contributed by atoms with Gasteiger partial charge in [-0.25, -0.2) is 0 Å². The van der Waals surface area contributed by atoms with Crippen molar-refractivity contribution in [3.05, 3.63) is 0 Å². The molecule has 0 spiro atoms. The predicted octanol–water partition coefficient (Wildman–Crippen LogP) is 5.97. The maximum atomic E-state index is 5.90. The van der Waals surface area contributed by atoms with Gasteiger partial charge in [-0.1, -0.05) is 71.1 Å². The van der Waals surface area contributed by atoms with Gasteiger partial charge in [0.05, 0.1) is 5.60 Å². The lowest BCUT2D eigenvalue weighted by Gasteiger charge is -2.34. The van der Waals surface area contributed by atoms with Crippen LogP contribution in [0, 0.1) is 18.3 Å². The van der Waals surface area contributed by atoms with Crippen LogP contribution in [0.3, 0.4) is 0 Å². The van der Waals surface area contributed by atoms with E-state index < -0.39 is 0 Å². The smallest absolute Gasteiger partial charge is 0.108 e. The minimum absolute atomic E-state index is 0.0784. The Labute approximate surface area is 127 Å². The molecule has 0 radical (unpaired) electrons. The third kappa shape index (κ3) is 9.43. The first kappa shape index (κ1) is 19.5.